The molecule has 1 atom stereocenters. The molecular weight excluding hydrogens is 118 g/mol. The zero-order chi connectivity index (χ0) is 7.28. The maximum atomic E-state index is 9.02. The average Bonchev–Trinajstić information content (AvgIpc) is 1.63. The third-order valence-electron chi connectivity index (χ3n) is 1.10. The van der Waals surface area contributed by atoms with Gasteiger partial charge in [0.15, 0.2) is 0 Å². The van der Waals surface area contributed by atoms with Crippen LogP contribution in [0.15, 0.2) is 0 Å². The van der Waals surface area contributed by atoms with Crippen LogP contribution >= 0.6 is 0 Å². The van der Waals surface area contributed by atoms with Gasteiger partial charge >= 0.3 is 0 Å². The van der Waals surface area contributed by atoms with Gasteiger partial charge in [0.25, 0.3) is 0 Å². The van der Waals surface area contributed by atoms with Crippen LogP contribution in [-0.4, -0.2) is 35.1 Å². The fraction of sp³-hybridized carbons (Fsp3) is 1.00. The molecule has 0 bridgehead atoms. The molecule has 3 heteroatoms. The zero-order valence-corrected chi connectivity index (χ0v) is 6.04. The Balaban J connectivity index is 3.15. The minimum absolute atomic E-state index is 0.341. The van der Waals surface area contributed by atoms with Gasteiger partial charge in [0.2, 0.25) is 0 Å². The van der Waals surface area contributed by atoms with Crippen LogP contribution in [0.3, 0.4) is 0 Å². The zero-order valence-electron chi connectivity index (χ0n) is 6.04. The quantitative estimate of drug-likeness (QED) is 0.548. The molecule has 2 N–H and O–H groups in total. The van der Waals surface area contributed by atoms with Gasteiger partial charge in [0.1, 0.15) is 0 Å². The molecule has 0 aliphatic carbocycles. The van der Waals surface area contributed by atoms with Crippen molar-refractivity contribution in [2.75, 3.05) is 13.6 Å². The van der Waals surface area contributed by atoms with E-state index in [2.05, 4.69) is 0 Å². The molecule has 1 unspecified atom stereocenters. The molecule has 3 nitrogen and oxygen atoms in total. The number of hydrogen-bond donors (Lipinski definition) is 2. The molecule has 0 rings (SSSR count). The van der Waals surface area contributed by atoms with Crippen molar-refractivity contribution in [1.82, 2.24) is 5.06 Å². The summed E-state index contributed by atoms with van der Waals surface area (Å²) in [4.78, 5) is 0. The molecule has 0 aliphatic rings. The SMILES string of the molecule is CCCC(O)CN(C)O. The average molecular weight is 133 g/mol. The minimum atomic E-state index is -0.384. The molecule has 0 heterocycles. The summed E-state index contributed by atoms with van der Waals surface area (Å²) in [5.74, 6) is 0. The van der Waals surface area contributed by atoms with Crippen molar-refractivity contribution in [2.45, 2.75) is 25.9 Å². The number of aliphatic hydroxyl groups is 1. The van der Waals surface area contributed by atoms with Crippen LogP contribution in [-0.2, 0) is 0 Å². The van der Waals surface area contributed by atoms with Gasteiger partial charge in [-0.05, 0) is 6.42 Å². The summed E-state index contributed by atoms with van der Waals surface area (Å²) in [7, 11) is 1.53. The molecule has 0 amide bonds. The molecule has 0 fully saturated rings. The molecule has 9 heavy (non-hydrogen) atoms. The van der Waals surface area contributed by atoms with E-state index in [1.54, 1.807) is 0 Å². The van der Waals surface area contributed by atoms with Gasteiger partial charge in [-0.1, -0.05) is 13.3 Å². The molecular formula is C6H15NO2. The molecule has 0 aromatic heterocycles. The predicted octanol–water partition coefficient (Wildman–Crippen LogP) is 0.468. The Labute approximate surface area is 55.9 Å². The number of hydrogen-bond acceptors (Lipinski definition) is 3. The molecule has 0 saturated heterocycles. The summed E-state index contributed by atoms with van der Waals surface area (Å²) >= 11 is 0. The second-order valence-electron chi connectivity index (χ2n) is 2.28. The van der Waals surface area contributed by atoms with Crippen molar-refractivity contribution < 1.29 is 10.3 Å². The Kier molecular flexibility index (Phi) is 4.67. The van der Waals surface area contributed by atoms with Crippen molar-refractivity contribution in [3.05, 3.63) is 0 Å². The van der Waals surface area contributed by atoms with Gasteiger partial charge < -0.3 is 10.3 Å². The minimum Gasteiger partial charge on any atom is -0.392 e. The highest BCUT2D eigenvalue weighted by Gasteiger charge is 2.03. The molecule has 0 aliphatic heterocycles. The summed E-state index contributed by atoms with van der Waals surface area (Å²) in [5.41, 5.74) is 0. The van der Waals surface area contributed by atoms with Crippen LogP contribution in [0.5, 0.6) is 0 Å². The van der Waals surface area contributed by atoms with Gasteiger partial charge in [0, 0.05) is 13.6 Å². The van der Waals surface area contributed by atoms with Crippen molar-refractivity contribution in [2.24, 2.45) is 0 Å². The maximum Gasteiger partial charge on any atom is 0.0690 e. The number of aliphatic hydroxyl groups excluding tert-OH is 1. The number of hydroxylamine groups is 2. The third kappa shape index (κ3) is 5.76. The topological polar surface area (TPSA) is 43.7 Å². The van der Waals surface area contributed by atoms with Crippen molar-refractivity contribution in [3.63, 3.8) is 0 Å². The standard InChI is InChI=1S/C6H15NO2/c1-3-4-6(8)5-7(2)9/h6,8-9H,3-5H2,1-2H3. The van der Waals surface area contributed by atoms with Gasteiger partial charge in [-0.3, -0.25) is 0 Å². The normalized spacial score (nSPS) is 14.3. The lowest BCUT2D eigenvalue weighted by molar-refractivity contribution is -0.0907. The van der Waals surface area contributed by atoms with E-state index in [1.807, 2.05) is 6.92 Å². The largest absolute Gasteiger partial charge is 0.392 e. The summed E-state index contributed by atoms with van der Waals surface area (Å²) in [5, 5.41) is 18.6. The Hall–Kier alpha value is -0.120. The smallest absolute Gasteiger partial charge is 0.0690 e. The second kappa shape index (κ2) is 4.73. The van der Waals surface area contributed by atoms with Crippen LogP contribution in [0, 0.1) is 0 Å². The second-order valence-corrected chi connectivity index (χ2v) is 2.28. The van der Waals surface area contributed by atoms with E-state index in [4.69, 9.17) is 10.3 Å². The lowest BCUT2D eigenvalue weighted by Crippen LogP contribution is -2.25. The summed E-state index contributed by atoms with van der Waals surface area (Å²) in [6.07, 6.45) is 1.32. The fourth-order valence-corrected chi connectivity index (χ4v) is 0.730. The molecule has 0 aromatic carbocycles. The van der Waals surface area contributed by atoms with Crippen LogP contribution in [0.2, 0.25) is 0 Å². The number of rotatable bonds is 4. The first kappa shape index (κ1) is 8.88. The van der Waals surface area contributed by atoms with Gasteiger partial charge in [-0.25, -0.2) is 0 Å². The number of nitrogens with zero attached hydrogens (tertiary/aromatic N) is 1. The van der Waals surface area contributed by atoms with E-state index in [0.29, 0.717) is 6.54 Å². The van der Waals surface area contributed by atoms with Gasteiger partial charge in [-0.2, -0.15) is 5.06 Å². The summed E-state index contributed by atoms with van der Waals surface area (Å²) in [6, 6.07) is 0. The molecule has 0 radical (unpaired) electrons. The van der Waals surface area contributed by atoms with Crippen molar-refractivity contribution in [3.8, 4) is 0 Å². The highest BCUT2D eigenvalue weighted by Crippen LogP contribution is 1.95. The first-order valence-corrected chi connectivity index (χ1v) is 3.25. The number of likely N-dealkylation sites (N-methyl/N-ethyl adjacent to an activating group) is 1. The maximum absolute atomic E-state index is 9.02. The lowest BCUT2D eigenvalue weighted by Gasteiger charge is -2.12. The van der Waals surface area contributed by atoms with Crippen molar-refractivity contribution >= 4 is 0 Å². The van der Waals surface area contributed by atoms with Crippen LogP contribution in [0.4, 0.5) is 0 Å². The van der Waals surface area contributed by atoms with E-state index in [9.17, 15) is 0 Å². The van der Waals surface area contributed by atoms with Crippen LogP contribution < -0.4 is 0 Å². The van der Waals surface area contributed by atoms with Crippen LogP contribution in [0.1, 0.15) is 19.8 Å². The molecule has 0 aromatic rings. The van der Waals surface area contributed by atoms with E-state index >= 15 is 0 Å². The first-order chi connectivity index (χ1) is 4.16. The van der Waals surface area contributed by atoms with Crippen molar-refractivity contribution in [1.29, 1.82) is 0 Å². The Morgan fingerprint density at radius 1 is 1.56 bits per heavy atom. The Bertz CT molecular complexity index is 66.1. The van der Waals surface area contributed by atoms with Crippen LogP contribution in [0.25, 0.3) is 0 Å². The molecule has 0 saturated carbocycles. The highest BCUT2D eigenvalue weighted by molar-refractivity contribution is 4.54. The first-order valence-electron chi connectivity index (χ1n) is 3.25. The highest BCUT2D eigenvalue weighted by atomic mass is 16.5. The van der Waals surface area contributed by atoms with Gasteiger partial charge in [-0.15, -0.1) is 0 Å². The Morgan fingerprint density at radius 3 is 2.44 bits per heavy atom. The fourth-order valence-electron chi connectivity index (χ4n) is 0.730. The van der Waals surface area contributed by atoms with E-state index in [-0.39, 0.29) is 6.10 Å². The summed E-state index contributed by atoms with van der Waals surface area (Å²) in [6.45, 7) is 2.34. The van der Waals surface area contributed by atoms with E-state index in [1.165, 1.54) is 7.05 Å². The summed E-state index contributed by atoms with van der Waals surface area (Å²) < 4.78 is 0. The lowest BCUT2D eigenvalue weighted by atomic mass is 10.2. The molecule has 56 valence electrons. The van der Waals surface area contributed by atoms with E-state index < -0.39 is 0 Å². The molecule has 0 spiro atoms. The monoisotopic (exact) mass is 133 g/mol. The Morgan fingerprint density at radius 2 is 2.11 bits per heavy atom. The third-order valence-corrected chi connectivity index (χ3v) is 1.10. The van der Waals surface area contributed by atoms with Gasteiger partial charge in [0.05, 0.1) is 6.10 Å². The van der Waals surface area contributed by atoms with E-state index in [0.717, 1.165) is 17.9 Å². The predicted molar refractivity (Wildman–Crippen MR) is 35.3 cm³/mol.